The Kier molecular flexibility index (Phi) is 5.16. The number of hydrogen-bond acceptors (Lipinski definition) is 4. The van der Waals surface area contributed by atoms with Crippen LogP contribution in [0, 0.1) is 0 Å². The molecule has 1 rings (SSSR count). The van der Waals surface area contributed by atoms with Crippen molar-refractivity contribution in [1.29, 1.82) is 0 Å². The number of nitrogens with one attached hydrogen (secondary N) is 2. The maximum atomic E-state index is 11.4. The van der Waals surface area contributed by atoms with Gasteiger partial charge in [-0.1, -0.05) is 13.8 Å². The lowest BCUT2D eigenvalue weighted by Crippen LogP contribution is -2.45. The summed E-state index contributed by atoms with van der Waals surface area (Å²) in [6.07, 6.45) is 2.65. The van der Waals surface area contributed by atoms with Crippen LogP contribution in [0.5, 0.6) is 0 Å². The van der Waals surface area contributed by atoms with E-state index in [1.807, 2.05) is 6.92 Å². The van der Waals surface area contributed by atoms with Crippen molar-refractivity contribution in [2.45, 2.75) is 39.3 Å². The zero-order chi connectivity index (χ0) is 13.5. The summed E-state index contributed by atoms with van der Waals surface area (Å²) in [6.45, 7) is 3.74. The fourth-order valence-electron chi connectivity index (χ4n) is 1.30. The topological polar surface area (TPSA) is 104 Å². The first-order chi connectivity index (χ1) is 8.56. The fraction of sp³-hybridized carbons (Fsp3) is 0.545. The molecule has 100 valence electrons. The number of carboxylic acids is 1. The number of carbonyl (C=O) groups excluding carboxylic acids is 1. The monoisotopic (exact) mass is 255 g/mol. The van der Waals surface area contributed by atoms with Gasteiger partial charge in [0.25, 0.3) is 0 Å². The number of aliphatic carboxylic acids is 1. The number of urea groups is 1. The second-order valence-corrected chi connectivity index (χ2v) is 3.70. The van der Waals surface area contributed by atoms with E-state index >= 15 is 0 Å². The summed E-state index contributed by atoms with van der Waals surface area (Å²) in [4.78, 5) is 26.1. The number of oxazole rings is 1. The molecule has 0 fully saturated rings. The third-order valence-electron chi connectivity index (χ3n) is 2.36. The average molecular weight is 255 g/mol. The summed E-state index contributed by atoms with van der Waals surface area (Å²) >= 11 is 0. The molecule has 1 atom stereocenters. The summed E-state index contributed by atoms with van der Waals surface area (Å²) in [6, 6.07) is -1.44. The van der Waals surface area contributed by atoms with E-state index in [1.165, 1.54) is 0 Å². The largest absolute Gasteiger partial charge is 0.480 e. The van der Waals surface area contributed by atoms with Crippen molar-refractivity contribution in [3.05, 3.63) is 17.8 Å². The van der Waals surface area contributed by atoms with E-state index in [2.05, 4.69) is 15.6 Å². The van der Waals surface area contributed by atoms with Gasteiger partial charge in [0.05, 0.1) is 12.7 Å². The van der Waals surface area contributed by atoms with Gasteiger partial charge in [0.2, 0.25) is 5.89 Å². The number of aryl methyl sites for hydroxylation is 1. The van der Waals surface area contributed by atoms with Crippen LogP contribution in [0.15, 0.2) is 10.6 Å². The van der Waals surface area contributed by atoms with Crippen LogP contribution in [-0.2, 0) is 17.8 Å². The lowest BCUT2D eigenvalue weighted by Gasteiger charge is -2.12. The van der Waals surface area contributed by atoms with Gasteiger partial charge in [-0.2, -0.15) is 0 Å². The van der Waals surface area contributed by atoms with Gasteiger partial charge in [0.1, 0.15) is 11.8 Å². The van der Waals surface area contributed by atoms with E-state index in [9.17, 15) is 9.59 Å². The van der Waals surface area contributed by atoms with Crippen LogP contribution < -0.4 is 10.6 Å². The maximum Gasteiger partial charge on any atom is 0.326 e. The molecule has 7 nitrogen and oxygen atoms in total. The van der Waals surface area contributed by atoms with Gasteiger partial charge >= 0.3 is 12.0 Å². The number of nitrogens with zero attached hydrogens (tertiary/aromatic N) is 1. The van der Waals surface area contributed by atoms with Crippen molar-refractivity contribution in [3.63, 3.8) is 0 Å². The normalized spacial score (nSPS) is 11.9. The summed E-state index contributed by atoms with van der Waals surface area (Å²) in [5.41, 5.74) is 0. The number of carboxylic acid groups (broad SMARTS) is 1. The highest BCUT2D eigenvalue weighted by atomic mass is 16.4. The van der Waals surface area contributed by atoms with Gasteiger partial charge in [-0.05, 0) is 6.42 Å². The molecule has 0 aliphatic rings. The van der Waals surface area contributed by atoms with Gasteiger partial charge in [0.15, 0.2) is 0 Å². The minimum absolute atomic E-state index is 0.127. The van der Waals surface area contributed by atoms with Crippen molar-refractivity contribution in [2.24, 2.45) is 0 Å². The standard InChI is InChI=1S/C11H17N3O4/c1-3-7-5-12-9(18-7)6-13-11(17)14-8(4-2)10(15)16/h5,8H,3-4,6H2,1-2H3,(H,15,16)(H2,13,14,17)/t8-/m0/s1. The molecule has 18 heavy (non-hydrogen) atoms. The lowest BCUT2D eigenvalue weighted by atomic mass is 10.2. The van der Waals surface area contributed by atoms with Crippen LogP contribution in [-0.4, -0.2) is 28.1 Å². The zero-order valence-corrected chi connectivity index (χ0v) is 10.4. The molecule has 0 spiro atoms. The Morgan fingerprint density at radius 3 is 2.72 bits per heavy atom. The van der Waals surface area contributed by atoms with Crippen molar-refractivity contribution < 1.29 is 19.1 Å². The van der Waals surface area contributed by atoms with Crippen molar-refractivity contribution in [3.8, 4) is 0 Å². The molecule has 0 bridgehead atoms. The van der Waals surface area contributed by atoms with Crippen LogP contribution in [0.1, 0.15) is 31.9 Å². The van der Waals surface area contributed by atoms with Crippen molar-refractivity contribution in [2.75, 3.05) is 0 Å². The van der Waals surface area contributed by atoms with Crippen LogP contribution in [0.3, 0.4) is 0 Å². The summed E-state index contributed by atoms with van der Waals surface area (Å²) < 4.78 is 5.29. The third kappa shape index (κ3) is 4.08. The number of carbonyl (C=O) groups is 2. The molecule has 1 aromatic heterocycles. The number of aromatic nitrogens is 1. The SMILES string of the molecule is CCc1cnc(CNC(=O)N[C@@H](CC)C(=O)O)o1. The molecule has 1 heterocycles. The minimum Gasteiger partial charge on any atom is -0.480 e. The minimum atomic E-state index is -1.06. The Morgan fingerprint density at radius 2 is 2.22 bits per heavy atom. The quantitative estimate of drug-likeness (QED) is 0.700. The van der Waals surface area contributed by atoms with Crippen LogP contribution >= 0.6 is 0 Å². The van der Waals surface area contributed by atoms with Crippen molar-refractivity contribution in [1.82, 2.24) is 15.6 Å². The molecule has 0 aliphatic heterocycles. The van der Waals surface area contributed by atoms with Gasteiger partial charge in [0, 0.05) is 6.42 Å². The Labute approximate surface area is 105 Å². The van der Waals surface area contributed by atoms with Gasteiger partial charge < -0.3 is 20.2 Å². The average Bonchev–Trinajstić information content (AvgIpc) is 2.81. The Hall–Kier alpha value is -2.05. The zero-order valence-electron chi connectivity index (χ0n) is 10.4. The van der Waals surface area contributed by atoms with E-state index in [4.69, 9.17) is 9.52 Å². The predicted octanol–water partition coefficient (Wildman–Crippen LogP) is 0.899. The highest BCUT2D eigenvalue weighted by Crippen LogP contribution is 2.03. The summed E-state index contributed by atoms with van der Waals surface area (Å²) in [5.74, 6) is 0.0756. The molecule has 3 N–H and O–H groups in total. The first kappa shape index (κ1) is 14.0. The molecule has 0 aliphatic carbocycles. The fourth-order valence-corrected chi connectivity index (χ4v) is 1.30. The first-order valence-corrected chi connectivity index (χ1v) is 5.77. The molecule has 0 saturated carbocycles. The first-order valence-electron chi connectivity index (χ1n) is 5.77. The third-order valence-corrected chi connectivity index (χ3v) is 2.36. The van der Waals surface area contributed by atoms with E-state index in [0.29, 0.717) is 12.3 Å². The summed E-state index contributed by atoms with van der Waals surface area (Å²) in [7, 11) is 0. The Bertz CT molecular complexity index is 416. The van der Waals surface area contributed by atoms with Gasteiger partial charge in [-0.3, -0.25) is 0 Å². The molecule has 0 radical (unpaired) electrons. The highest BCUT2D eigenvalue weighted by Gasteiger charge is 2.17. The molecular formula is C11H17N3O4. The van der Waals surface area contributed by atoms with E-state index < -0.39 is 18.0 Å². The van der Waals surface area contributed by atoms with Crippen LogP contribution in [0.4, 0.5) is 4.79 Å². The smallest absolute Gasteiger partial charge is 0.326 e. The lowest BCUT2D eigenvalue weighted by molar-refractivity contribution is -0.139. The number of amides is 2. The van der Waals surface area contributed by atoms with E-state index in [-0.39, 0.29) is 6.54 Å². The van der Waals surface area contributed by atoms with E-state index in [0.717, 1.165) is 12.2 Å². The predicted molar refractivity (Wildman–Crippen MR) is 63.0 cm³/mol. The molecule has 0 aromatic carbocycles. The highest BCUT2D eigenvalue weighted by molar-refractivity contribution is 5.82. The number of rotatable bonds is 6. The molecule has 2 amide bonds. The molecule has 0 unspecified atom stereocenters. The Balaban J connectivity index is 2.38. The maximum absolute atomic E-state index is 11.4. The number of hydrogen-bond donors (Lipinski definition) is 3. The Morgan fingerprint density at radius 1 is 1.50 bits per heavy atom. The van der Waals surface area contributed by atoms with Crippen LogP contribution in [0.25, 0.3) is 0 Å². The summed E-state index contributed by atoms with van der Waals surface area (Å²) in [5, 5.41) is 13.6. The molecule has 7 heteroatoms. The van der Waals surface area contributed by atoms with Gasteiger partial charge in [-0.25, -0.2) is 14.6 Å². The second kappa shape index (κ2) is 6.63. The molecule has 1 aromatic rings. The molecule has 0 saturated heterocycles. The van der Waals surface area contributed by atoms with Crippen molar-refractivity contribution >= 4 is 12.0 Å². The van der Waals surface area contributed by atoms with Gasteiger partial charge in [-0.15, -0.1) is 0 Å². The van der Waals surface area contributed by atoms with E-state index in [1.54, 1.807) is 13.1 Å². The van der Waals surface area contributed by atoms with Crippen LogP contribution in [0.2, 0.25) is 0 Å². The second-order valence-electron chi connectivity index (χ2n) is 3.70. The molecular weight excluding hydrogens is 238 g/mol.